The molecule has 1 aromatic heterocycles. The normalized spacial score (nSPS) is 17.4. The van der Waals surface area contributed by atoms with Gasteiger partial charge in [-0.1, -0.05) is 30.4 Å². The number of phenolic OH excluding ortho intramolecular Hbond substituents is 2. The Hall–Kier alpha value is -3.31. The molecule has 5 rings (SSSR count). The summed E-state index contributed by atoms with van der Waals surface area (Å²) < 4.78 is 6.25. The molecule has 0 atom stereocenters. The van der Waals surface area contributed by atoms with Gasteiger partial charge in [0.15, 0.2) is 5.43 Å². The van der Waals surface area contributed by atoms with Crippen LogP contribution in [0.1, 0.15) is 36.3 Å². The molecule has 0 unspecified atom stereocenters. The van der Waals surface area contributed by atoms with Gasteiger partial charge in [0, 0.05) is 11.6 Å². The lowest BCUT2D eigenvalue weighted by atomic mass is 9.85. The van der Waals surface area contributed by atoms with Gasteiger partial charge in [0.05, 0.1) is 5.56 Å². The van der Waals surface area contributed by atoms with Crippen molar-refractivity contribution >= 4 is 16.5 Å². The fourth-order valence-corrected chi connectivity index (χ4v) is 4.67. The Morgan fingerprint density at radius 2 is 1.84 bits per heavy atom. The van der Waals surface area contributed by atoms with E-state index in [4.69, 9.17) is 4.42 Å². The summed E-state index contributed by atoms with van der Waals surface area (Å²) in [5, 5.41) is 21.6. The summed E-state index contributed by atoms with van der Waals surface area (Å²) in [6.07, 6.45) is 8.63. The molecular weight excluding hydrogens is 390 g/mol. The van der Waals surface area contributed by atoms with E-state index in [1.807, 2.05) is 24.3 Å². The van der Waals surface area contributed by atoms with Crippen molar-refractivity contribution in [3.63, 3.8) is 0 Å². The number of nitrogens with zero attached hydrogens (tertiary/aromatic N) is 1. The van der Waals surface area contributed by atoms with Gasteiger partial charge in [-0.15, -0.1) is 0 Å². The number of piperidine rings is 1. The number of aromatic hydroxyl groups is 2. The Morgan fingerprint density at radius 3 is 2.55 bits per heavy atom. The van der Waals surface area contributed by atoms with E-state index < -0.39 is 0 Å². The van der Waals surface area contributed by atoms with E-state index in [1.165, 1.54) is 6.07 Å². The maximum absolute atomic E-state index is 13.2. The maximum atomic E-state index is 13.2. The van der Waals surface area contributed by atoms with Gasteiger partial charge in [-0.05, 0) is 74.7 Å². The average Bonchev–Trinajstić information content (AvgIpc) is 3.29. The Morgan fingerprint density at radius 1 is 1.06 bits per heavy atom. The van der Waals surface area contributed by atoms with Gasteiger partial charge in [-0.3, -0.25) is 4.79 Å². The standard InChI is InChI=1S/C26H25NO4/c1-27-12-10-17(11-13-27)20-14-19(16-6-2-3-7-16)25(30)24-22(29)15-23(31-26(20)24)18-8-4-5-9-21(18)28/h2-6,8-9,14-15,17,28,30H,7,10-13H2,1H3. The van der Waals surface area contributed by atoms with Crippen molar-refractivity contribution in [1.29, 1.82) is 0 Å². The first kappa shape index (κ1) is 19.6. The number of rotatable bonds is 3. The fraction of sp³-hybridized carbons (Fsp3) is 0.269. The molecule has 1 aliphatic heterocycles. The summed E-state index contributed by atoms with van der Waals surface area (Å²) in [5.41, 5.74) is 3.24. The van der Waals surface area contributed by atoms with Crippen molar-refractivity contribution in [2.75, 3.05) is 20.1 Å². The molecule has 5 heteroatoms. The van der Waals surface area contributed by atoms with Crippen molar-refractivity contribution < 1.29 is 14.6 Å². The molecule has 2 aromatic carbocycles. The number of fused-ring (bicyclic) bond motifs is 1. The van der Waals surface area contributed by atoms with E-state index in [9.17, 15) is 15.0 Å². The molecule has 0 saturated carbocycles. The van der Waals surface area contributed by atoms with E-state index in [1.54, 1.807) is 24.3 Å². The first-order valence-corrected chi connectivity index (χ1v) is 10.7. The third kappa shape index (κ3) is 3.45. The number of para-hydroxylation sites is 1. The molecule has 2 N–H and O–H groups in total. The molecule has 3 aromatic rings. The largest absolute Gasteiger partial charge is 0.507 e. The van der Waals surface area contributed by atoms with Gasteiger partial charge in [0.1, 0.15) is 28.2 Å². The molecule has 1 aliphatic carbocycles. The number of phenols is 2. The summed E-state index contributed by atoms with van der Waals surface area (Å²) >= 11 is 0. The highest BCUT2D eigenvalue weighted by Gasteiger charge is 2.27. The molecule has 0 bridgehead atoms. The summed E-state index contributed by atoms with van der Waals surface area (Å²) in [6.45, 7) is 1.94. The molecule has 0 amide bonds. The second-order valence-corrected chi connectivity index (χ2v) is 8.46. The number of benzene rings is 2. The van der Waals surface area contributed by atoms with Gasteiger partial charge in [-0.25, -0.2) is 0 Å². The Labute approximate surface area is 180 Å². The minimum atomic E-state index is -0.306. The monoisotopic (exact) mass is 415 g/mol. The Kier molecular flexibility index (Phi) is 4.91. The van der Waals surface area contributed by atoms with Crippen LogP contribution in [-0.2, 0) is 0 Å². The smallest absolute Gasteiger partial charge is 0.197 e. The lowest BCUT2D eigenvalue weighted by molar-refractivity contribution is 0.255. The first-order chi connectivity index (χ1) is 15.0. The summed E-state index contributed by atoms with van der Waals surface area (Å²) in [6, 6.07) is 10.2. The van der Waals surface area contributed by atoms with Crippen LogP contribution in [0.5, 0.6) is 11.5 Å². The molecule has 158 valence electrons. The van der Waals surface area contributed by atoms with E-state index in [0.29, 0.717) is 22.5 Å². The summed E-state index contributed by atoms with van der Waals surface area (Å²) in [7, 11) is 2.11. The Balaban J connectivity index is 1.77. The van der Waals surface area contributed by atoms with Crippen molar-refractivity contribution in [1.82, 2.24) is 4.90 Å². The van der Waals surface area contributed by atoms with Crippen LogP contribution in [0.3, 0.4) is 0 Å². The van der Waals surface area contributed by atoms with Crippen LogP contribution in [0.15, 0.2) is 63.8 Å². The molecule has 2 aliphatic rings. The van der Waals surface area contributed by atoms with Gasteiger partial charge in [0.2, 0.25) is 0 Å². The van der Waals surface area contributed by atoms with E-state index in [0.717, 1.165) is 43.5 Å². The maximum Gasteiger partial charge on any atom is 0.197 e. The van der Waals surface area contributed by atoms with Crippen LogP contribution in [0, 0.1) is 0 Å². The van der Waals surface area contributed by atoms with Gasteiger partial charge in [0.25, 0.3) is 0 Å². The molecule has 1 fully saturated rings. The van der Waals surface area contributed by atoms with Crippen LogP contribution in [0.4, 0.5) is 0 Å². The average molecular weight is 415 g/mol. The second kappa shape index (κ2) is 7.75. The van der Waals surface area contributed by atoms with Gasteiger partial charge in [-0.2, -0.15) is 0 Å². The molecule has 31 heavy (non-hydrogen) atoms. The highest BCUT2D eigenvalue weighted by Crippen LogP contribution is 2.42. The summed E-state index contributed by atoms with van der Waals surface area (Å²) in [5.74, 6) is 0.558. The van der Waals surface area contributed by atoms with Gasteiger partial charge >= 0.3 is 0 Å². The van der Waals surface area contributed by atoms with Crippen molar-refractivity contribution in [2.45, 2.75) is 25.2 Å². The first-order valence-electron chi connectivity index (χ1n) is 10.7. The predicted octanol–water partition coefficient (Wildman–Crippen LogP) is 5.02. The lowest BCUT2D eigenvalue weighted by Gasteiger charge is -2.30. The number of hydrogen-bond donors (Lipinski definition) is 2. The predicted molar refractivity (Wildman–Crippen MR) is 122 cm³/mol. The minimum absolute atomic E-state index is 0.0285. The molecule has 2 heterocycles. The molecular formula is C26H25NO4. The third-order valence-electron chi connectivity index (χ3n) is 6.45. The quantitative estimate of drug-likeness (QED) is 0.628. The van der Waals surface area contributed by atoms with Crippen LogP contribution < -0.4 is 5.43 Å². The number of hydrogen-bond acceptors (Lipinski definition) is 5. The topological polar surface area (TPSA) is 73.9 Å². The zero-order valence-electron chi connectivity index (χ0n) is 17.5. The van der Waals surface area contributed by atoms with Crippen LogP contribution in [-0.4, -0.2) is 35.3 Å². The van der Waals surface area contributed by atoms with Crippen LogP contribution in [0.2, 0.25) is 0 Å². The van der Waals surface area contributed by atoms with E-state index >= 15 is 0 Å². The number of allylic oxidation sites excluding steroid dienone is 4. The fourth-order valence-electron chi connectivity index (χ4n) is 4.67. The van der Waals surface area contributed by atoms with E-state index in [-0.39, 0.29) is 28.2 Å². The Bertz CT molecular complexity index is 1280. The van der Waals surface area contributed by atoms with Crippen LogP contribution in [0.25, 0.3) is 27.9 Å². The third-order valence-corrected chi connectivity index (χ3v) is 6.45. The summed E-state index contributed by atoms with van der Waals surface area (Å²) in [4.78, 5) is 15.5. The highest BCUT2D eigenvalue weighted by atomic mass is 16.3. The zero-order chi connectivity index (χ0) is 21.5. The SMILES string of the molecule is CN1CCC(c2cc(C3=CC=CC3)c(O)c3c(=O)cc(-c4ccccc4O)oc23)CC1. The van der Waals surface area contributed by atoms with Gasteiger partial charge < -0.3 is 19.5 Å². The van der Waals surface area contributed by atoms with Crippen molar-refractivity contribution in [2.24, 2.45) is 0 Å². The highest BCUT2D eigenvalue weighted by molar-refractivity contribution is 5.94. The molecule has 5 nitrogen and oxygen atoms in total. The second-order valence-electron chi connectivity index (χ2n) is 8.46. The zero-order valence-corrected chi connectivity index (χ0v) is 17.5. The minimum Gasteiger partial charge on any atom is -0.507 e. The van der Waals surface area contributed by atoms with Crippen LogP contribution >= 0.6 is 0 Å². The molecule has 0 spiro atoms. The van der Waals surface area contributed by atoms with E-state index in [2.05, 4.69) is 11.9 Å². The molecule has 0 radical (unpaired) electrons. The van der Waals surface area contributed by atoms with Crippen molar-refractivity contribution in [3.05, 3.63) is 76.0 Å². The lowest BCUT2D eigenvalue weighted by Crippen LogP contribution is -2.29. The number of likely N-dealkylation sites (tertiary alicyclic amines) is 1. The molecule has 1 saturated heterocycles. The van der Waals surface area contributed by atoms with Crippen molar-refractivity contribution in [3.8, 4) is 22.8 Å².